The van der Waals surface area contributed by atoms with Gasteiger partial charge in [0.2, 0.25) is 0 Å². The highest BCUT2D eigenvalue weighted by molar-refractivity contribution is 5.98. The first-order valence-corrected chi connectivity index (χ1v) is 4.97. The number of rotatable bonds is 1. The van der Waals surface area contributed by atoms with Crippen molar-refractivity contribution in [1.29, 1.82) is 0 Å². The predicted molar refractivity (Wildman–Crippen MR) is 58.6 cm³/mol. The SMILES string of the molecule is [C-]#[N+]CC(=O)N1c2ccccc2CC1C. The first kappa shape index (κ1) is 9.72. The van der Waals surface area contributed by atoms with Crippen LogP contribution in [0, 0.1) is 6.57 Å². The number of carbonyl (C=O) groups is 1. The monoisotopic (exact) mass is 200 g/mol. The Morgan fingerprint density at radius 2 is 2.33 bits per heavy atom. The average Bonchev–Trinajstić information content (AvgIpc) is 2.54. The van der Waals surface area contributed by atoms with Crippen molar-refractivity contribution in [2.75, 3.05) is 11.4 Å². The number of amides is 1. The molecule has 0 bridgehead atoms. The standard InChI is InChI=1S/C12H12N2O/c1-9-7-10-5-3-4-6-11(10)14(9)12(15)8-13-2/h3-6,9H,7-8H2,1H3. The van der Waals surface area contributed by atoms with Crippen LogP contribution >= 0.6 is 0 Å². The lowest BCUT2D eigenvalue weighted by Gasteiger charge is -2.19. The van der Waals surface area contributed by atoms with Gasteiger partial charge in [0.05, 0.1) is 0 Å². The molecule has 1 aliphatic rings. The Kier molecular flexibility index (Phi) is 2.42. The highest BCUT2D eigenvalue weighted by Crippen LogP contribution is 2.31. The molecule has 0 radical (unpaired) electrons. The highest BCUT2D eigenvalue weighted by Gasteiger charge is 2.31. The Morgan fingerprint density at radius 3 is 3.07 bits per heavy atom. The van der Waals surface area contributed by atoms with Crippen LogP contribution in [-0.2, 0) is 11.2 Å². The van der Waals surface area contributed by atoms with Crippen molar-refractivity contribution in [3.63, 3.8) is 0 Å². The second kappa shape index (κ2) is 3.74. The minimum absolute atomic E-state index is 0.0569. The summed E-state index contributed by atoms with van der Waals surface area (Å²) in [6.45, 7) is 8.68. The van der Waals surface area contributed by atoms with Crippen molar-refractivity contribution in [1.82, 2.24) is 0 Å². The molecule has 1 aromatic carbocycles. The summed E-state index contributed by atoms with van der Waals surface area (Å²) in [5, 5.41) is 0. The molecule has 1 amide bonds. The van der Waals surface area contributed by atoms with Crippen LogP contribution in [0.1, 0.15) is 12.5 Å². The van der Waals surface area contributed by atoms with Crippen molar-refractivity contribution < 1.29 is 4.79 Å². The maximum absolute atomic E-state index is 11.7. The molecule has 0 saturated heterocycles. The molecule has 1 atom stereocenters. The lowest BCUT2D eigenvalue weighted by molar-refractivity contribution is -0.117. The van der Waals surface area contributed by atoms with Crippen molar-refractivity contribution >= 4 is 11.6 Å². The summed E-state index contributed by atoms with van der Waals surface area (Å²) in [5.41, 5.74) is 2.17. The Morgan fingerprint density at radius 1 is 1.60 bits per heavy atom. The van der Waals surface area contributed by atoms with Crippen molar-refractivity contribution in [2.45, 2.75) is 19.4 Å². The molecular formula is C12H12N2O. The predicted octanol–water partition coefficient (Wildman–Crippen LogP) is 1.88. The summed E-state index contributed by atoms with van der Waals surface area (Å²) in [4.78, 5) is 16.6. The number of fused-ring (bicyclic) bond motifs is 1. The minimum Gasteiger partial charge on any atom is -0.306 e. The lowest BCUT2D eigenvalue weighted by atomic mass is 10.1. The van der Waals surface area contributed by atoms with E-state index in [1.54, 1.807) is 4.90 Å². The van der Waals surface area contributed by atoms with Crippen LogP contribution in [0.25, 0.3) is 4.85 Å². The molecule has 1 aliphatic heterocycles. The Hall–Kier alpha value is -1.82. The van der Waals surface area contributed by atoms with Crippen LogP contribution in [0.2, 0.25) is 0 Å². The smallest absolute Gasteiger partial charge is 0.306 e. The third-order valence-electron chi connectivity index (χ3n) is 2.69. The molecule has 0 aromatic heterocycles. The number of carbonyl (C=O) groups excluding carboxylic acids is 1. The number of anilines is 1. The highest BCUT2D eigenvalue weighted by atomic mass is 16.2. The summed E-state index contributed by atoms with van der Waals surface area (Å²) >= 11 is 0. The molecule has 0 N–H and O–H groups in total. The van der Waals surface area contributed by atoms with Crippen LogP contribution in [0.4, 0.5) is 5.69 Å². The molecule has 2 rings (SSSR count). The fourth-order valence-electron chi connectivity index (χ4n) is 2.09. The molecule has 0 fully saturated rings. The van der Waals surface area contributed by atoms with Gasteiger partial charge in [0.15, 0.2) is 0 Å². The van der Waals surface area contributed by atoms with Gasteiger partial charge in [0.1, 0.15) is 0 Å². The zero-order valence-corrected chi connectivity index (χ0v) is 8.60. The van der Waals surface area contributed by atoms with E-state index < -0.39 is 0 Å². The average molecular weight is 200 g/mol. The van der Waals surface area contributed by atoms with Crippen LogP contribution < -0.4 is 4.90 Å². The van der Waals surface area contributed by atoms with Crippen LogP contribution in [-0.4, -0.2) is 18.5 Å². The molecule has 1 heterocycles. The lowest BCUT2D eigenvalue weighted by Crippen LogP contribution is -2.36. The second-order valence-corrected chi connectivity index (χ2v) is 3.76. The molecule has 0 saturated carbocycles. The van der Waals surface area contributed by atoms with E-state index in [0.29, 0.717) is 0 Å². The summed E-state index contributed by atoms with van der Waals surface area (Å²) in [6, 6.07) is 8.07. The van der Waals surface area contributed by atoms with E-state index in [-0.39, 0.29) is 18.5 Å². The number of hydrogen-bond acceptors (Lipinski definition) is 1. The summed E-state index contributed by atoms with van der Waals surface area (Å²) < 4.78 is 0. The van der Waals surface area contributed by atoms with Crippen LogP contribution in [0.3, 0.4) is 0 Å². The zero-order valence-electron chi connectivity index (χ0n) is 8.60. The van der Waals surface area contributed by atoms with E-state index in [2.05, 4.69) is 4.85 Å². The van der Waals surface area contributed by atoms with Crippen molar-refractivity contribution in [3.8, 4) is 0 Å². The third-order valence-corrected chi connectivity index (χ3v) is 2.69. The van der Waals surface area contributed by atoms with Gasteiger partial charge in [0, 0.05) is 11.7 Å². The number of hydrogen-bond donors (Lipinski definition) is 0. The summed E-state index contributed by atoms with van der Waals surface area (Å²) in [6.07, 6.45) is 0.889. The maximum atomic E-state index is 11.7. The molecule has 0 spiro atoms. The van der Waals surface area contributed by atoms with Gasteiger partial charge in [-0.05, 0) is 25.0 Å². The largest absolute Gasteiger partial charge is 0.307 e. The van der Waals surface area contributed by atoms with Gasteiger partial charge in [-0.3, -0.25) is 4.79 Å². The molecule has 3 nitrogen and oxygen atoms in total. The summed E-state index contributed by atoms with van der Waals surface area (Å²) in [7, 11) is 0. The Labute approximate surface area is 89.1 Å². The Bertz CT molecular complexity index is 433. The third kappa shape index (κ3) is 1.59. The normalized spacial score (nSPS) is 18.4. The van der Waals surface area contributed by atoms with Gasteiger partial charge >= 0.3 is 5.91 Å². The fraction of sp³-hybridized carbons (Fsp3) is 0.333. The topological polar surface area (TPSA) is 24.7 Å². The van der Waals surface area contributed by atoms with E-state index in [0.717, 1.165) is 12.1 Å². The van der Waals surface area contributed by atoms with Gasteiger partial charge in [0.25, 0.3) is 6.54 Å². The van der Waals surface area contributed by atoms with Gasteiger partial charge < -0.3 is 9.74 Å². The van der Waals surface area contributed by atoms with Gasteiger partial charge in [-0.2, -0.15) is 0 Å². The zero-order chi connectivity index (χ0) is 10.8. The molecule has 0 aliphatic carbocycles. The van der Waals surface area contributed by atoms with E-state index >= 15 is 0 Å². The van der Waals surface area contributed by atoms with E-state index in [9.17, 15) is 4.79 Å². The number of benzene rings is 1. The molecule has 3 heteroatoms. The molecule has 76 valence electrons. The second-order valence-electron chi connectivity index (χ2n) is 3.76. The Balaban J connectivity index is 2.34. The first-order valence-electron chi connectivity index (χ1n) is 4.97. The molecule has 15 heavy (non-hydrogen) atoms. The first-order chi connectivity index (χ1) is 7.24. The quantitative estimate of drug-likeness (QED) is 0.635. The number of para-hydroxylation sites is 1. The van der Waals surface area contributed by atoms with Gasteiger partial charge in [-0.25, -0.2) is 6.57 Å². The van der Waals surface area contributed by atoms with Gasteiger partial charge in [-0.15, -0.1) is 0 Å². The summed E-state index contributed by atoms with van der Waals surface area (Å²) in [5.74, 6) is -0.0950. The fourth-order valence-corrected chi connectivity index (χ4v) is 2.09. The van der Waals surface area contributed by atoms with E-state index in [1.807, 2.05) is 31.2 Å². The number of nitrogens with zero attached hydrogens (tertiary/aromatic N) is 2. The van der Waals surface area contributed by atoms with Crippen LogP contribution in [0.5, 0.6) is 0 Å². The van der Waals surface area contributed by atoms with E-state index in [4.69, 9.17) is 6.57 Å². The minimum atomic E-state index is -0.0950. The van der Waals surface area contributed by atoms with Crippen molar-refractivity contribution in [3.05, 3.63) is 41.2 Å². The molecule has 1 aromatic rings. The van der Waals surface area contributed by atoms with Gasteiger partial charge in [-0.1, -0.05) is 18.2 Å². The van der Waals surface area contributed by atoms with E-state index in [1.165, 1.54) is 5.56 Å². The van der Waals surface area contributed by atoms with Crippen molar-refractivity contribution in [2.24, 2.45) is 0 Å². The maximum Gasteiger partial charge on any atom is 0.307 e. The molecular weight excluding hydrogens is 188 g/mol. The molecule has 1 unspecified atom stereocenters. The van der Waals surface area contributed by atoms with Crippen LogP contribution in [0.15, 0.2) is 24.3 Å².